The third-order valence-corrected chi connectivity index (χ3v) is 8.54. The summed E-state index contributed by atoms with van der Waals surface area (Å²) in [6, 6.07) is 3.03. The van der Waals surface area contributed by atoms with E-state index in [1.807, 2.05) is 0 Å². The normalized spacial score (nSPS) is 16.9. The molecule has 1 fully saturated rings. The number of unbranched alkanes of at least 4 members (excludes halogenated alkanes) is 2. The minimum Gasteiger partial charge on any atom is -0.429 e. The molecule has 3 aromatic carbocycles. The number of hydrogen-bond donors (Lipinski definition) is 0. The summed E-state index contributed by atoms with van der Waals surface area (Å²) in [6.07, 6.45) is 9.05. The van der Waals surface area contributed by atoms with Gasteiger partial charge in [-0.25, -0.2) is 40.7 Å². The molecule has 0 N–H and O–H groups in total. The van der Waals surface area contributed by atoms with Crippen molar-refractivity contribution in [3.05, 3.63) is 112 Å². The van der Waals surface area contributed by atoms with Crippen molar-refractivity contribution in [1.29, 1.82) is 0 Å². The number of aromatic nitrogens is 2. The SMILES string of the molecule is CCCCCC1CCC(c2cnc(-c3cc(F)c(C(F)(F)Oc4cc(F)c(C=Cc5cc(F)c(F)c(F)c5)c(F)c4)c(F)c3)nc2)CC1. The van der Waals surface area contributed by atoms with Crippen LogP contribution in [0, 0.1) is 46.6 Å². The smallest absolute Gasteiger partial charge is 0.429 e. The molecule has 0 unspecified atom stereocenters. The number of benzene rings is 3. The maximum atomic E-state index is 15.0. The first-order valence-corrected chi connectivity index (χ1v) is 15.6. The van der Waals surface area contributed by atoms with Gasteiger partial charge in [-0.05, 0) is 79.0 Å². The Morgan fingerprint density at radius 1 is 0.729 bits per heavy atom. The summed E-state index contributed by atoms with van der Waals surface area (Å²) in [5, 5.41) is 0. The summed E-state index contributed by atoms with van der Waals surface area (Å²) in [7, 11) is 0. The first kappa shape index (κ1) is 35.0. The number of hydrogen-bond acceptors (Lipinski definition) is 3. The molecule has 1 aliphatic carbocycles. The Labute approximate surface area is 271 Å². The minimum atomic E-state index is -4.72. The van der Waals surface area contributed by atoms with Crippen LogP contribution in [-0.4, -0.2) is 9.97 Å². The van der Waals surface area contributed by atoms with Crippen LogP contribution in [0.3, 0.4) is 0 Å². The van der Waals surface area contributed by atoms with Crippen molar-refractivity contribution in [3.63, 3.8) is 0 Å². The standard InChI is InChI=1S/C36H31F9N2O/c1-2-3-4-5-20-6-9-22(10-7-20)24-18-46-35(47-19-24)23-14-29(39)33(30(40)15-23)36(44,45)48-25-16-27(37)26(28(38)17-25)11-8-21-12-31(41)34(43)32(42)13-21/h8,11-20,22H,2-7,9-10H2,1H3. The highest BCUT2D eigenvalue weighted by molar-refractivity contribution is 5.70. The molecular weight excluding hydrogens is 647 g/mol. The fourth-order valence-corrected chi connectivity index (χ4v) is 5.97. The van der Waals surface area contributed by atoms with E-state index in [4.69, 9.17) is 0 Å². The summed E-state index contributed by atoms with van der Waals surface area (Å²) < 4.78 is 134. The largest absolute Gasteiger partial charge is 0.432 e. The third-order valence-electron chi connectivity index (χ3n) is 8.54. The molecule has 0 bridgehead atoms. The van der Waals surface area contributed by atoms with E-state index in [-0.39, 0.29) is 22.9 Å². The van der Waals surface area contributed by atoms with E-state index in [0.717, 1.165) is 43.4 Å². The van der Waals surface area contributed by atoms with Crippen LogP contribution < -0.4 is 4.74 Å². The molecule has 254 valence electrons. The van der Waals surface area contributed by atoms with Gasteiger partial charge in [0.25, 0.3) is 0 Å². The van der Waals surface area contributed by atoms with Crippen LogP contribution in [-0.2, 0) is 6.11 Å². The molecule has 0 aliphatic heterocycles. The lowest BCUT2D eigenvalue weighted by atomic mass is 9.77. The quantitative estimate of drug-likeness (QED) is 0.0685. The first-order valence-electron chi connectivity index (χ1n) is 15.6. The molecule has 3 nitrogen and oxygen atoms in total. The first-order chi connectivity index (χ1) is 22.9. The van der Waals surface area contributed by atoms with E-state index in [2.05, 4.69) is 21.6 Å². The molecule has 0 spiro atoms. The number of nitrogens with zero attached hydrogens (tertiary/aromatic N) is 2. The van der Waals surface area contributed by atoms with Gasteiger partial charge in [-0.1, -0.05) is 38.7 Å². The summed E-state index contributed by atoms with van der Waals surface area (Å²) in [5.41, 5.74) is -2.22. The van der Waals surface area contributed by atoms with Crippen molar-refractivity contribution >= 4 is 12.2 Å². The van der Waals surface area contributed by atoms with Crippen LogP contribution in [0.5, 0.6) is 5.75 Å². The van der Waals surface area contributed by atoms with E-state index in [9.17, 15) is 30.7 Å². The van der Waals surface area contributed by atoms with Crippen molar-refractivity contribution in [3.8, 4) is 17.1 Å². The molecule has 48 heavy (non-hydrogen) atoms. The summed E-state index contributed by atoms with van der Waals surface area (Å²) in [4.78, 5) is 8.43. The highest BCUT2D eigenvalue weighted by Gasteiger charge is 2.41. The highest BCUT2D eigenvalue weighted by Crippen LogP contribution is 2.39. The van der Waals surface area contributed by atoms with E-state index in [1.165, 1.54) is 25.7 Å². The van der Waals surface area contributed by atoms with Gasteiger partial charge in [-0.2, -0.15) is 8.78 Å². The fraction of sp³-hybridized carbons (Fsp3) is 0.333. The van der Waals surface area contributed by atoms with E-state index < -0.39 is 63.7 Å². The molecule has 0 atom stereocenters. The van der Waals surface area contributed by atoms with Crippen molar-refractivity contribution < 1.29 is 44.3 Å². The van der Waals surface area contributed by atoms with E-state index in [0.29, 0.717) is 42.3 Å². The maximum absolute atomic E-state index is 15.0. The van der Waals surface area contributed by atoms with Gasteiger partial charge in [0, 0.05) is 35.7 Å². The lowest BCUT2D eigenvalue weighted by Crippen LogP contribution is -2.25. The average molecular weight is 679 g/mol. The van der Waals surface area contributed by atoms with Gasteiger partial charge < -0.3 is 4.74 Å². The van der Waals surface area contributed by atoms with Gasteiger partial charge in [-0.15, -0.1) is 0 Å². The van der Waals surface area contributed by atoms with Crippen LogP contribution in [0.2, 0.25) is 0 Å². The van der Waals surface area contributed by atoms with Gasteiger partial charge in [-0.3, -0.25) is 0 Å². The Hall–Kier alpha value is -4.35. The zero-order valence-electron chi connectivity index (χ0n) is 25.8. The molecular formula is C36H31F9N2O. The van der Waals surface area contributed by atoms with Crippen LogP contribution in [0.25, 0.3) is 23.5 Å². The molecule has 5 rings (SSSR count). The van der Waals surface area contributed by atoms with Gasteiger partial charge in [0.1, 0.15) is 34.6 Å². The second-order valence-electron chi connectivity index (χ2n) is 11.9. The molecule has 0 radical (unpaired) electrons. The van der Waals surface area contributed by atoms with Gasteiger partial charge in [0.15, 0.2) is 23.3 Å². The second-order valence-corrected chi connectivity index (χ2v) is 11.9. The fourth-order valence-electron chi connectivity index (χ4n) is 5.97. The van der Waals surface area contributed by atoms with E-state index in [1.54, 1.807) is 12.4 Å². The number of halogens is 9. The zero-order chi connectivity index (χ0) is 34.6. The number of alkyl halides is 2. The lowest BCUT2D eigenvalue weighted by molar-refractivity contribution is -0.189. The van der Waals surface area contributed by atoms with E-state index >= 15 is 8.78 Å². The van der Waals surface area contributed by atoms with Crippen molar-refractivity contribution in [1.82, 2.24) is 9.97 Å². The Morgan fingerprint density at radius 3 is 1.88 bits per heavy atom. The van der Waals surface area contributed by atoms with Crippen molar-refractivity contribution in [2.24, 2.45) is 5.92 Å². The van der Waals surface area contributed by atoms with Gasteiger partial charge >= 0.3 is 6.11 Å². The zero-order valence-corrected chi connectivity index (χ0v) is 25.8. The van der Waals surface area contributed by atoms with Gasteiger partial charge in [0.2, 0.25) is 0 Å². The number of ether oxygens (including phenoxy) is 1. The predicted molar refractivity (Wildman–Crippen MR) is 162 cm³/mol. The summed E-state index contributed by atoms with van der Waals surface area (Å²) >= 11 is 0. The Morgan fingerprint density at radius 2 is 1.31 bits per heavy atom. The molecule has 1 aliphatic rings. The maximum Gasteiger partial charge on any atom is 0.432 e. The Kier molecular flexibility index (Phi) is 10.8. The highest BCUT2D eigenvalue weighted by atomic mass is 19.3. The second kappa shape index (κ2) is 14.8. The Bertz CT molecular complexity index is 1720. The van der Waals surface area contributed by atoms with Crippen LogP contribution in [0.1, 0.15) is 86.5 Å². The molecule has 0 saturated heterocycles. The topological polar surface area (TPSA) is 35.0 Å². The van der Waals surface area contributed by atoms with Gasteiger partial charge in [0.05, 0.1) is 0 Å². The molecule has 12 heteroatoms. The number of rotatable bonds is 11. The van der Waals surface area contributed by atoms with Crippen LogP contribution in [0.4, 0.5) is 39.5 Å². The summed E-state index contributed by atoms with van der Waals surface area (Å²) in [5.74, 6) is -11.4. The third kappa shape index (κ3) is 8.02. The van der Waals surface area contributed by atoms with Crippen LogP contribution >= 0.6 is 0 Å². The van der Waals surface area contributed by atoms with Crippen molar-refractivity contribution in [2.75, 3.05) is 0 Å². The molecule has 1 saturated carbocycles. The molecule has 1 aromatic heterocycles. The molecule has 0 amide bonds. The predicted octanol–water partition coefficient (Wildman–Crippen LogP) is 11.3. The Balaban J connectivity index is 1.28. The van der Waals surface area contributed by atoms with Crippen molar-refractivity contribution in [2.45, 2.75) is 70.3 Å². The minimum absolute atomic E-state index is 0.0838. The molecule has 1 heterocycles. The summed E-state index contributed by atoms with van der Waals surface area (Å²) in [6.45, 7) is 2.18. The average Bonchev–Trinajstić information content (AvgIpc) is 3.03. The molecule has 4 aromatic rings. The lowest BCUT2D eigenvalue weighted by Gasteiger charge is -2.28. The monoisotopic (exact) mass is 678 g/mol. The van der Waals surface area contributed by atoms with Crippen LogP contribution in [0.15, 0.2) is 48.8 Å².